The van der Waals surface area contributed by atoms with Gasteiger partial charge in [-0.25, -0.2) is 24.3 Å². The fraction of sp³-hybridized carbons (Fsp3) is 0. The minimum absolute atomic E-state index is 0. The van der Waals surface area contributed by atoms with Gasteiger partial charge in [-0.1, -0.05) is 11.4 Å². The molecule has 2 heterocycles. The second-order valence-corrected chi connectivity index (χ2v) is 3.99. The first-order chi connectivity index (χ1) is 8.93. The van der Waals surface area contributed by atoms with Crippen LogP contribution < -0.4 is 9.80 Å². The Morgan fingerprint density at radius 2 is 1.32 bits per heavy atom. The Morgan fingerprint density at radius 1 is 0.789 bits per heavy atom. The van der Waals surface area contributed by atoms with Crippen molar-refractivity contribution in [1.29, 1.82) is 0 Å². The molecule has 3 heteroatoms. The third-order valence-corrected chi connectivity index (χ3v) is 2.75. The van der Waals surface area contributed by atoms with Gasteiger partial charge in [-0.15, -0.1) is 43.4 Å². The van der Waals surface area contributed by atoms with E-state index in [1.165, 1.54) is 0 Å². The van der Waals surface area contributed by atoms with Gasteiger partial charge in [0.25, 0.3) is 0 Å². The molecule has 0 saturated heterocycles. The minimum Gasteiger partial charge on any atom is -0.426 e. The summed E-state index contributed by atoms with van der Waals surface area (Å²) in [6, 6.07) is 9.54. The smallest absolute Gasteiger partial charge is 0 e. The normalized spacial score (nSPS) is 15.8. The zero-order chi connectivity index (χ0) is 12.2. The summed E-state index contributed by atoms with van der Waals surface area (Å²) in [6.07, 6.45) is 16.1. The molecule has 1 aromatic rings. The Hall–Kier alpha value is -1.84. The maximum absolute atomic E-state index is 3.40. The maximum Gasteiger partial charge on any atom is 0 e. The van der Waals surface area contributed by atoms with E-state index in [0.717, 1.165) is 11.4 Å². The van der Waals surface area contributed by atoms with Gasteiger partial charge in [-0.05, 0) is 12.4 Å². The fourth-order valence-electron chi connectivity index (χ4n) is 1.86. The van der Waals surface area contributed by atoms with Gasteiger partial charge >= 0.3 is 0 Å². The molecule has 1 aromatic carbocycles. The van der Waals surface area contributed by atoms with Crippen LogP contribution >= 0.6 is 0 Å². The topological polar surface area (TPSA) is 6.48 Å². The summed E-state index contributed by atoms with van der Waals surface area (Å²) in [5.74, 6) is 0. The number of rotatable bonds is 2. The van der Waals surface area contributed by atoms with Crippen LogP contribution in [-0.2, 0) is 19.8 Å². The van der Waals surface area contributed by atoms with Crippen molar-refractivity contribution in [2.45, 2.75) is 0 Å². The molecular formula is C16H13N2Os-3. The number of hydrogen-bond acceptors (Lipinski definition) is 2. The fourth-order valence-corrected chi connectivity index (χ4v) is 1.86. The Bertz CT molecular complexity index is 498. The van der Waals surface area contributed by atoms with Crippen LogP contribution in [-0.4, -0.2) is 0 Å². The van der Waals surface area contributed by atoms with Crippen molar-refractivity contribution in [1.82, 2.24) is 0 Å². The summed E-state index contributed by atoms with van der Waals surface area (Å²) in [6.45, 7) is 4.04. The maximum atomic E-state index is 3.40. The van der Waals surface area contributed by atoms with Crippen molar-refractivity contribution in [2.24, 2.45) is 0 Å². The summed E-state index contributed by atoms with van der Waals surface area (Å²) in [5, 5.41) is 0. The Morgan fingerprint density at radius 3 is 1.74 bits per heavy atom. The average Bonchev–Trinajstić information content (AvgIpc) is 2.49. The zero-order valence-corrected chi connectivity index (χ0v) is 12.8. The molecule has 0 bridgehead atoms. The quantitative estimate of drug-likeness (QED) is 0.671. The van der Waals surface area contributed by atoms with Gasteiger partial charge < -0.3 is 9.80 Å². The van der Waals surface area contributed by atoms with Gasteiger partial charge in [-0.2, -0.15) is 6.07 Å². The molecule has 3 rings (SSSR count). The molecule has 0 amide bonds. The van der Waals surface area contributed by atoms with E-state index in [9.17, 15) is 0 Å². The molecule has 0 atom stereocenters. The molecule has 2 aliphatic heterocycles. The van der Waals surface area contributed by atoms with Crippen LogP contribution in [0.1, 0.15) is 0 Å². The average molecular weight is 424 g/mol. The van der Waals surface area contributed by atoms with Gasteiger partial charge in [0.2, 0.25) is 0 Å². The summed E-state index contributed by atoms with van der Waals surface area (Å²) in [5.41, 5.74) is 2.06. The second-order valence-electron chi connectivity index (χ2n) is 3.99. The number of hydrogen-bond donors (Lipinski definition) is 0. The van der Waals surface area contributed by atoms with Crippen molar-refractivity contribution in [3.8, 4) is 0 Å². The van der Waals surface area contributed by atoms with Gasteiger partial charge in [0.05, 0.1) is 0 Å². The first kappa shape index (κ1) is 13.6. The number of allylic oxidation sites excluding steroid dienone is 4. The molecule has 0 spiro atoms. The zero-order valence-electron chi connectivity index (χ0n) is 10.3. The van der Waals surface area contributed by atoms with Crippen molar-refractivity contribution >= 4 is 11.4 Å². The van der Waals surface area contributed by atoms with Crippen molar-refractivity contribution < 1.29 is 19.8 Å². The molecule has 0 aliphatic carbocycles. The van der Waals surface area contributed by atoms with Gasteiger partial charge in [0.15, 0.2) is 0 Å². The largest absolute Gasteiger partial charge is 0.426 e. The Labute approximate surface area is 127 Å². The van der Waals surface area contributed by atoms with Crippen LogP contribution in [0.4, 0.5) is 11.4 Å². The van der Waals surface area contributed by atoms with E-state index < -0.39 is 0 Å². The van der Waals surface area contributed by atoms with Gasteiger partial charge in [0.1, 0.15) is 0 Å². The Balaban J connectivity index is 0.00000133. The van der Waals surface area contributed by atoms with Crippen LogP contribution in [0.3, 0.4) is 0 Å². The van der Waals surface area contributed by atoms with Crippen LogP contribution in [0.5, 0.6) is 0 Å². The van der Waals surface area contributed by atoms with Gasteiger partial charge in [-0.3, -0.25) is 0 Å². The molecular weight excluding hydrogens is 410 g/mol. The van der Waals surface area contributed by atoms with Crippen LogP contribution in [0.2, 0.25) is 0 Å². The van der Waals surface area contributed by atoms with E-state index in [1.807, 2.05) is 89.9 Å². The first-order valence-corrected chi connectivity index (χ1v) is 5.89. The predicted octanol–water partition coefficient (Wildman–Crippen LogP) is 3.59. The molecule has 0 unspecified atom stereocenters. The number of anilines is 2. The van der Waals surface area contributed by atoms with Crippen molar-refractivity contribution in [2.75, 3.05) is 9.80 Å². The molecule has 0 aromatic heterocycles. The molecule has 2 nitrogen and oxygen atoms in total. The van der Waals surface area contributed by atoms with Crippen molar-refractivity contribution in [3.05, 3.63) is 86.2 Å². The third kappa shape index (κ3) is 3.13. The van der Waals surface area contributed by atoms with Crippen LogP contribution in [0.15, 0.2) is 67.1 Å². The number of nitrogens with zero attached hydrogens (tertiary/aromatic N) is 2. The standard InChI is InChI=1S/C16H13N2.Os/c1-3-10-17(11-4-1)15-8-7-9-16(14-15)18-12-5-2-6-13-18;/h1-13H;/q-3;. The third-order valence-electron chi connectivity index (χ3n) is 2.75. The molecule has 19 heavy (non-hydrogen) atoms. The van der Waals surface area contributed by atoms with E-state index in [4.69, 9.17) is 0 Å². The van der Waals surface area contributed by atoms with E-state index in [1.54, 1.807) is 0 Å². The SMILES string of the molecule is [Os].[c-]1c(N2C=CC=C[CH-]2)cccc1N1C=CC=C[CH-]1. The summed E-state index contributed by atoms with van der Waals surface area (Å²) < 4.78 is 0. The van der Waals surface area contributed by atoms with Gasteiger partial charge in [0, 0.05) is 19.8 Å². The molecule has 98 valence electrons. The molecule has 2 aliphatic rings. The van der Waals surface area contributed by atoms with E-state index in [0.29, 0.717) is 0 Å². The Kier molecular flexibility index (Phi) is 4.55. The number of benzene rings is 1. The van der Waals surface area contributed by atoms with Crippen LogP contribution in [0, 0.1) is 19.2 Å². The van der Waals surface area contributed by atoms with Crippen molar-refractivity contribution in [3.63, 3.8) is 0 Å². The molecule has 0 N–H and O–H groups in total. The molecule has 0 fully saturated rings. The second kappa shape index (κ2) is 6.36. The minimum atomic E-state index is 0. The molecule has 0 saturated carbocycles. The predicted molar refractivity (Wildman–Crippen MR) is 75.4 cm³/mol. The van der Waals surface area contributed by atoms with E-state index >= 15 is 0 Å². The van der Waals surface area contributed by atoms with E-state index in [2.05, 4.69) is 6.07 Å². The summed E-state index contributed by atoms with van der Waals surface area (Å²) in [4.78, 5) is 4.10. The molecule has 0 radical (unpaired) electrons. The summed E-state index contributed by atoms with van der Waals surface area (Å²) in [7, 11) is 0. The van der Waals surface area contributed by atoms with E-state index in [-0.39, 0.29) is 19.8 Å². The van der Waals surface area contributed by atoms with Crippen LogP contribution in [0.25, 0.3) is 0 Å². The first-order valence-electron chi connectivity index (χ1n) is 5.89. The monoisotopic (exact) mass is 425 g/mol. The summed E-state index contributed by atoms with van der Waals surface area (Å²) >= 11 is 0.